The number of para-hydroxylation sites is 1. The summed E-state index contributed by atoms with van der Waals surface area (Å²) >= 11 is 1.75. The molecule has 2 nitrogen and oxygen atoms in total. The van der Waals surface area contributed by atoms with E-state index in [1.807, 2.05) is 13.0 Å². The summed E-state index contributed by atoms with van der Waals surface area (Å²) in [5.74, 6) is 0.476. The molecular formula is C15H21FN2S. The molecule has 1 aliphatic rings. The van der Waals surface area contributed by atoms with E-state index >= 15 is 0 Å². The highest BCUT2D eigenvalue weighted by Gasteiger charge is 2.26. The zero-order valence-electron chi connectivity index (χ0n) is 11.7. The second-order valence-corrected chi connectivity index (χ2v) is 6.16. The minimum atomic E-state index is -0.214. The van der Waals surface area contributed by atoms with Crippen LogP contribution in [0.5, 0.6) is 0 Å². The van der Waals surface area contributed by atoms with Crippen molar-refractivity contribution in [2.24, 2.45) is 10.9 Å². The van der Waals surface area contributed by atoms with Crippen LogP contribution in [-0.2, 0) is 0 Å². The second kappa shape index (κ2) is 6.42. The van der Waals surface area contributed by atoms with Gasteiger partial charge in [-0.15, -0.1) is 0 Å². The molecule has 1 aromatic rings. The smallest absolute Gasteiger partial charge is 0.161 e. The van der Waals surface area contributed by atoms with E-state index in [2.05, 4.69) is 24.2 Å². The first kappa shape index (κ1) is 14.4. The maximum absolute atomic E-state index is 13.8. The summed E-state index contributed by atoms with van der Waals surface area (Å²) in [5, 5.41) is 4.53. The van der Waals surface area contributed by atoms with E-state index in [9.17, 15) is 4.39 Å². The van der Waals surface area contributed by atoms with Crippen molar-refractivity contribution in [1.29, 1.82) is 0 Å². The first-order valence-corrected chi connectivity index (χ1v) is 7.76. The normalized spacial score (nSPS) is 18.8. The quantitative estimate of drug-likeness (QED) is 0.881. The topological polar surface area (TPSA) is 24.4 Å². The van der Waals surface area contributed by atoms with Gasteiger partial charge in [-0.05, 0) is 24.5 Å². The fourth-order valence-electron chi connectivity index (χ4n) is 2.42. The Balaban J connectivity index is 2.02. The predicted molar refractivity (Wildman–Crippen MR) is 82.5 cm³/mol. The molecule has 19 heavy (non-hydrogen) atoms. The molecule has 1 atom stereocenters. The molecule has 4 heteroatoms. The van der Waals surface area contributed by atoms with E-state index in [1.165, 1.54) is 18.9 Å². The number of hydrogen-bond donors (Lipinski definition) is 1. The lowest BCUT2D eigenvalue weighted by atomic mass is 9.99. The molecule has 0 spiro atoms. The number of thioether (sulfide) groups is 1. The Morgan fingerprint density at radius 3 is 2.79 bits per heavy atom. The standard InChI is InChI=1S/C15H21FN2S/c1-4-11(5-2)13-9-17-15(19-13)18-14-10(3)7-6-8-12(14)16/h6-8,11,13H,4-5,9H2,1-3H3,(H,17,18). The minimum Gasteiger partial charge on any atom is -0.332 e. The van der Waals surface area contributed by atoms with Crippen molar-refractivity contribution >= 4 is 22.6 Å². The molecule has 0 bridgehead atoms. The average molecular weight is 280 g/mol. The van der Waals surface area contributed by atoms with E-state index in [0.29, 0.717) is 16.9 Å². The molecule has 0 aromatic heterocycles. The lowest BCUT2D eigenvalue weighted by Crippen LogP contribution is -2.17. The summed E-state index contributed by atoms with van der Waals surface area (Å²) in [7, 11) is 0. The summed E-state index contributed by atoms with van der Waals surface area (Å²) in [6.07, 6.45) is 2.35. The molecule has 0 saturated heterocycles. The van der Waals surface area contributed by atoms with Crippen molar-refractivity contribution in [2.45, 2.75) is 38.9 Å². The first-order chi connectivity index (χ1) is 9.15. The van der Waals surface area contributed by atoms with Crippen LogP contribution in [0.15, 0.2) is 23.2 Å². The molecule has 0 aliphatic carbocycles. The van der Waals surface area contributed by atoms with Crippen LogP contribution in [0.4, 0.5) is 10.1 Å². The van der Waals surface area contributed by atoms with Crippen molar-refractivity contribution < 1.29 is 4.39 Å². The lowest BCUT2D eigenvalue weighted by Gasteiger charge is -2.18. The molecule has 0 amide bonds. The second-order valence-electron chi connectivity index (χ2n) is 4.94. The van der Waals surface area contributed by atoms with Crippen molar-refractivity contribution in [3.05, 3.63) is 29.6 Å². The molecular weight excluding hydrogens is 259 g/mol. The minimum absolute atomic E-state index is 0.214. The molecule has 0 saturated carbocycles. The SMILES string of the molecule is CCC(CC)C1CN=C(Nc2c(C)cccc2F)S1. The van der Waals surface area contributed by atoms with Crippen LogP contribution in [0.25, 0.3) is 0 Å². The zero-order valence-corrected chi connectivity index (χ0v) is 12.6. The molecule has 2 rings (SSSR count). The summed E-state index contributed by atoms with van der Waals surface area (Å²) in [5.41, 5.74) is 1.47. The number of aliphatic imine (C=N–C) groups is 1. The summed E-state index contributed by atoms with van der Waals surface area (Å²) < 4.78 is 13.8. The zero-order chi connectivity index (χ0) is 13.8. The van der Waals surface area contributed by atoms with Gasteiger partial charge >= 0.3 is 0 Å². The maximum Gasteiger partial charge on any atom is 0.161 e. The van der Waals surface area contributed by atoms with Crippen LogP contribution >= 0.6 is 11.8 Å². The Bertz CT molecular complexity index is 449. The predicted octanol–water partition coefficient (Wildman–Crippen LogP) is 4.45. The molecule has 1 aromatic carbocycles. The number of nitrogens with zero attached hydrogens (tertiary/aromatic N) is 1. The number of halogens is 1. The van der Waals surface area contributed by atoms with Gasteiger partial charge in [-0.1, -0.05) is 50.6 Å². The van der Waals surface area contributed by atoms with Gasteiger partial charge in [0.15, 0.2) is 5.17 Å². The van der Waals surface area contributed by atoms with Gasteiger partial charge < -0.3 is 5.32 Å². The van der Waals surface area contributed by atoms with E-state index in [0.717, 1.165) is 17.3 Å². The van der Waals surface area contributed by atoms with Crippen LogP contribution < -0.4 is 5.32 Å². The monoisotopic (exact) mass is 280 g/mol. The molecule has 1 heterocycles. The summed E-state index contributed by atoms with van der Waals surface area (Å²) in [6.45, 7) is 7.19. The van der Waals surface area contributed by atoms with Crippen molar-refractivity contribution in [2.75, 3.05) is 11.9 Å². The van der Waals surface area contributed by atoms with E-state index in [4.69, 9.17) is 0 Å². The average Bonchev–Trinajstić information content (AvgIpc) is 2.84. The van der Waals surface area contributed by atoms with Crippen molar-refractivity contribution in [1.82, 2.24) is 0 Å². The summed E-state index contributed by atoms with van der Waals surface area (Å²) in [4.78, 5) is 4.51. The van der Waals surface area contributed by atoms with Crippen LogP contribution in [0.2, 0.25) is 0 Å². The van der Waals surface area contributed by atoms with E-state index < -0.39 is 0 Å². The van der Waals surface area contributed by atoms with Gasteiger partial charge in [0.1, 0.15) is 5.82 Å². The fraction of sp³-hybridized carbons (Fsp3) is 0.533. The van der Waals surface area contributed by atoms with Gasteiger partial charge in [0.25, 0.3) is 0 Å². The first-order valence-electron chi connectivity index (χ1n) is 6.88. The fourth-order valence-corrected chi connectivity index (χ4v) is 3.74. The number of aryl methyl sites for hydroxylation is 1. The third-order valence-electron chi connectivity index (χ3n) is 3.71. The highest BCUT2D eigenvalue weighted by atomic mass is 32.2. The van der Waals surface area contributed by atoms with Crippen LogP contribution in [0.1, 0.15) is 32.3 Å². The largest absolute Gasteiger partial charge is 0.332 e. The Kier molecular flexibility index (Phi) is 4.86. The van der Waals surface area contributed by atoms with Crippen molar-refractivity contribution in [3.63, 3.8) is 0 Å². The number of nitrogens with one attached hydrogen (secondary N) is 1. The highest BCUT2D eigenvalue weighted by molar-refractivity contribution is 8.15. The van der Waals surface area contributed by atoms with Gasteiger partial charge in [-0.3, -0.25) is 4.99 Å². The van der Waals surface area contributed by atoms with Gasteiger partial charge in [0.05, 0.1) is 12.2 Å². The Hall–Kier alpha value is -1.03. The van der Waals surface area contributed by atoms with E-state index in [-0.39, 0.29) is 5.82 Å². The van der Waals surface area contributed by atoms with Gasteiger partial charge in [0, 0.05) is 5.25 Å². The van der Waals surface area contributed by atoms with Gasteiger partial charge in [-0.25, -0.2) is 4.39 Å². The Labute approximate surface area is 118 Å². The number of rotatable bonds is 4. The lowest BCUT2D eigenvalue weighted by molar-refractivity contribution is 0.479. The van der Waals surface area contributed by atoms with Gasteiger partial charge in [0.2, 0.25) is 0 Å². The van der Waals surface area contributed by atoms with E-state index in [1.54, 1.807) is 17.8 Å². The number of benzene rings is 1. The molecule has 104 valence electrons. The van der Waals surface area contributed by atoms with Crippen LogP contribution in [0, 0.1) is 18.7 Å². The highest BCUT2D eigenvalue weighted by Crippen LogP contribution is 2.32. The third kappa shape index (κ3) is 3.30. The molecule has 1 N–H and O–H groups in total. The number of hydrogen-bond acceptors (Lipinski definition) is 3. The van der Waals surface area contributed by atoms with Gasteiger partial charge in [-0.2, -0.15) is 0 Å². The molecule has 0 fully saturated rings. The van der Waals surface area contributed by atoms with Crippen LogP contribution in [-0.4, -0.2) is 17.0 Å². The Morgan fingerprint density at radius 2 is 2.16 bits per heavy atom. The maximum atomic E-state index is 13.8. The molecule has 1 aliphatic heterocycles. The number of amidine groups is 1. The molecule has 0 radical (unpaired) electrons. The van der Waals surface area contributed by atoms with Crippen molar-refractivity contribution in [3.8, 4) is 0 Å². The molecule has 1 unspecified atom stereocenters. The Morgan fingerprint density at radius 1 is 1.42 bits per heavy atom. The third-order valence-corrected chi connectivity index (χ3v) is 5.00. The number of anilines is 1. The van der Waals surface area contributed by atoms with Crippen LogP contribution in [0.3, 0.4) is 0 Å². The summed E-state index contributed by atoms with van der Waals surface area (Å²) in [6, 6.07) is 5.12.